The van der Waals surface area contributed by atoms with Crippen LogP contribution in [0, 0.1) is 5.41 Å². The van der Waals surface area contributed by atoms with E-state index in [1.54, 1.807) is 7.11 Å². The van der Waals surface area contributed by atoms with Gasteiger partial charge in [0.25, 0.3) is 0 Å². The molecule has 0 bridgehead atoms. The molecular formula is C10H21NO2. The van der Waals surface area contributed by atoms with E-state index in [0.29, 0.717) is 6.61 Å². The highest BCUT2D eigenvalue weighted by atomic mass is 16.5. The van der Waals surface area contributed by atoms with Crippen molar-refractivity contribution < 1.29 is 9.47 Å². The van der Waals surface area contributed by atoms with Gasteiger partial charge in [-0.15, -0.1) is 0 Å². The van der Waals surface area contributed by atoms with Crippen molar-refractivity contribution in [3.63, 3.8) is 0 Å². The Bertz CT molecular complexity index is 168. The standard InChI is InChI=1S/C10H21NO2/c1-9(2,3)8(11)10(12-4)5-6-13-7-10/h8H,5-7,11H2,1-4H3. The fraction of sp³-hybridized carbons (Fsp3) is 1.00. The largest absolute Gasteiger partial charge is 0.378 e. The Morgan fingerprint density at radius 2 is 2.08 bits per heavy atom. The van der Waals surface area contributed by atoms with Gasteiger partial charge in [-0.25, -0.2) is 0 Å². The molecule has 0 spiro atoms. The first kappa shape index (κ1) is 11.0. The Kier molecular flexibility index (Phi) is 3.00. The van der Waals surface area contributed by atoms with E-state index in [4.69, 9.17) is 15.2 Å². The lowest BCUT2D eigenvalue weighted by molar-refractivity contribution is -0.0607. The van der Waals surface area contributed by atoms with Crippen LogP contribution in [0.4, 0.5) is 0 Å². The summed E-state index contributed by atoms with van der Waals surface area (Å²) in [5.74, 6) is 0. The summed E-state index contributed by atoms with van der Waals surface area (Å²) in [6, 6.07) is 0.0208. The van der Waals surface area contributed by atoms with Gasteiger partial charge in [0.2, 0.25) is 0 Å². The Morgan fingerprint density at radius 3 is 2.38 bits per heavy atom. The second kappa shape index (κ2) is 3.56. The molecule has 0 aromatic carbocycles. The predicted octanol–water partition coefficient (Wildman–Crippen LogP) is 1.17. The number of methoxy groups -OCH3 is 1. The summed E-state index contributed by atoms with van der Waals surface area (Å²) < 4.78 is 10.9. The van der Waals surface area contributed by atoms with Crippen LogP contribution in [0.1, 0.15) is 27.2 Å². The third-order valence-corrected chi connectivity index (χ3v) is 2.92. The van der Waals surface area contributed by atoms with Crippen molar-refractivity contribution >= 4 is 0 Å². The molecule has 1 fully saturated rings. The number of hydrogen-bond donors (Lipinski definition) is 1. The van der Waals surface area contributed by atoms with Crippen LogP contribution in [0.25, 0.3) is 0 Å². The highest BCUT2D eigenvalue weighted by Crippen LogP contribution is 2.34. The normalized spacial score (nSPS) is 32.1. The molecule has 0 aromatic rings. The van der Waals surface area contributed by atoms with E-state index in [0.717, 1.165) is 13.0 Å². The van der Waals surface area contributed by atoms with Gasteiger partial charge >= 0.3 is 0 Å². The van der Waals surface area contributed by atoms with Crippen molar-refractivity contribution in [2.75, 3.05) is 20.3 Å². The first-order valence-electron chi connectivity index (χ1n) is 4.81. The first-order chi connectivity index (χ1) is 5.92. The molecule has 0 aromatic heterocycles. The molecule has 1 saturated heterocycles. The van der Waals surface area contributed by atoms with Gasteiger partial charge in [0.15, 0.2) is 0 Å². The van der Waals surface area contributed by atoms with Crippen LogP contribution < -0.4 is 5.73 Å². The van der Waals surface area contributed by atoms with Crippen molar-refractivity contribution in [3.05, 3.63) is 0 Å². The van der Waals surface area contributed by atoms with Gasteiger partial charge in [0, 0.05) is 26.2 Å². The van der Waals surface area contributed by atoms with E-state index in [2.05, 4.69) is 20.8 Å². The molecule has 3 heteroatoms. The number of nitrogens with two attached hydrogens (primary N) is 1. The highest BCUT2D eigenvalue weighted by Gasteiger charge is 2.45. The van der Waals surface area contributed by atoms with Crippen molar-refractivity contribution in [1.29, 1.82) is 0 Å². The lowest BCUT2D eigenvalue weighted by Crippen LogP contribution is -2.56. The summed E-state index contributed by atoms with van der Waals surface area (Å²) in [6.45, 7) is 7.80. The lowest BCUT2D eigenvalue weighted by atomic mass is 9.76. The van der Waals surface area contributed by atoms with E-state index >= 15 is 0 Å². The van der Waals surface area contributed by atoms with Crippen LogP contribution in [-0.2, 0) is 9.47 Å². The summed E-state index contributed by atoms with van der Waals surface area (Å²) >= 11 is 0. The Labute approximate surface area is 80.6 Å². The van der Waals surface area contributed by atoms with Gasteiger partial charge in [-0.1, -0.05) is 20.8 Å². The Morgan fingerprint density at radius 1 is 1.46 bits per heavy atom. The smallest absolute Gasteiger partial charge is 0.109 e. The summed E-state index contributed by atoms with van der Waals surface area (Å²) in [5, 5.41) is 0. The van der Waals surface area contributed by atoms with E-state index in [1.165, 1.54) is 0 Å². The quantitative estimate of drug-likeness (QED) is 0.705. The van der Waals surface area contributed by atoms with Crippen molar-refractivity contribution in [1.82, 2.24) is 0 Å². The molecule has 1 aliphatic rings. The van der Waals surface area contributed by atoms with Gasteiger partial charge in [-0.3, -0.25) is 0 Å². The minimum Gasteiger partial charge on any atom is -0.378 e. The molecule has 13 heavy (non-hydrogen) atoms. The van der Waals surface area contributed by atoms with Gasteiger partial charge < -0.3 is 15.2 Å². The summed E-state index contributed by atoms with van der Waals surface area (Å²) in [6.07, 6.45) is 0.905. The maximum Gasteiger partial charge on any atom is 0.109 e. The van der Waals surface area contributed by atoms with Gasteiger partial charge in [-0.05, 0) is 5.41 Å². The minimum absolute atomic E-state index is 0.0208. The summed E-state index contributed by atoms with van der Waals surface area (Å²) in [5.41, 5.74) is 5.99. The highest BCUT2D eigenvalue weighted by molar-refractivity contribution is 4.99. The molecule has 2 unspecified atom stereocenters. The van der Waals surface area contributed by atoms with Gasteiger partial charge in [0.1, 0.15) is 5.60 Å². The molecule has 0 saturated carbocycles. The van der Waals surface area contributed by atoms with Crippen LogP contribution in [0.5, 0.6) is 0 Å². The predicted molar refractivity (Wildman–Crippen MR) is 52.6 cm³/mol. The van der Waals surface area contributed by atoms with Crippen LogP contribution in [0.15, 0.2) is 0 Å². The molecule has 78 valence electrons. The van der Waals surface area contributed by atoms with Crippen LogP contribution >= 0.6 is 0 Å². The summed E-state index contributed by atoms with van der Waals surface area (Å²) in [7, 11) is 1.72. The maximum absolute atomic E-state index is 6.20. The molecule has 1 rings (SSSR count). The van der Waals surface area contributed by atoms with Crippen LogP contribution in [-0.4, -0.2) is 32.0 Å². The molecule has 0 radical (unpaired) electrons. The third kappa shape index (κ3) is 2.03. The van der Waals surface area contributed by atoms with Crippen molar-refractivity contribution in [3.8, 4) is 0 Å². The topological polar surface area (TPSA) is 44.5 Å². The number of ether oxygens (including phenoxy) is 2. The molecule has 3 nitrogen and oxygen atoms in total. The number of hydrogen-bond acceptors (Lipinski definition) is 3. The second-order valence-electron chi connectivity index (χ2n) is 4.92. The van der Waals surface area contributed by atoms with E-state index < -0.39 is 0 Å². The molecular weight excluding hydrogens is 166 g/mol. The van der Waals surface area contributed by atoms with E-state index in [1.807, 2.05) is 0 Å². The van der Waals surface area contributed by atoms with E-state index in [-0.39, 0.29) is 17.1 Å². The minimum atomic E-state index is -0.266. The van der Waals surface area contributed by atoms with Crippen molar-refractivity contribution in [2.45, 2.75) is 38.8 Å². The molecule has 2 atom stereocenters. The molecule has 0 amide bonds. The maximum atomic E-state index is 6.20. The average molecular weight is 187 g/mol. The second-order valence-corrected chi connectivity index (χ2v) is 4.92. The first-order valence-corrected chi connectivity index (χ1v) is 4.81. The molecule has 1 heterocycles. The zero-order chi connectivity index (χ0) is 10.1. The van der Waals surface area contributed by atoms with E-state index in [9.17, 15) is 0 Å². The fourth-order valence-corrected chi connectivity index (χ4v) is 1.88. The van der Waals surface area contributed by atoms with Crippen molar-refractivity contribution in [2.24, 2.45) is 11.1 Å². The third-order valence-electron chi connectivity index (χ3n) is 2.92. The Balaban J connectivity index is 2.76. The average Bonchev–Trinajstić information content (AvgIpc) is 2.50. The molecule has 1 aliphatic heterocycles. The number of rotatable bonds is 2. The Hall–Kier alpha value is -0.120. The van der Waals surface area contributed by atoms with Crippen LogP contribution in [0.2, 0.25) is 0 Å². The zero-order valence-corrected chi connectivity index (χ0v) is 9.09. The molecule has 0 aliphatic carbocycles. The monoisotopic (exact) mass is 187 g/mol. The zero-order valence-electron chi connectivity index (χ0n) is 9.09. The summed E-state index contributed by atoms with van der Waals surface area (Å²) in [4.78, 5) is 0. The SMILES string of the molecule is COC1(C(N)C(C)(C)C)CCOC1. The van der Waals surface area contributed by atoms with Gasteiger partial charge in [0.05, 0.1) is 6.61 Å². The molecule has 2 N–H and O–H groups in total. The fourth-order valence-electron chi connectivity index (χ4n) is 1.88. The van der Waals surface area contributed by atoms with Crippen LogP contribution in [0.3, 0.4) is 0 Å². The van der Waals surface area contributed by atoms with Gasteiger partial charge in [-0.2, -0.15) is 0 Å². The lowest BCUT2D eigenvalue weighted by Gasteiger charge is -2.40.